The van der Waals surface area contributed by atoms with Crippen LogP contribution >= 0.6 is 0 Å². The van der Waals surface area contributed by atoms with Gasteiger partial charge in [-0.3, -0.25) is 0 Å². The number of nitrogens with zero attached hydrogens (tertiary/aromatic N) is 1. The molecule has 1 saturated heterocycles. The Morgan fingerprint density at radius 1 is 1.40 bits per heavy atom. The van der Waals surface area contributed by atoms with Gasteiger partial charge in [-0.25, -0.2) is 0 Å². The van der Waals surface area contributed by atoms with Crippen LogP contribution in [0, 0.1) is 11.3 Å². The summed E-state index contributed by atoms with van der Waals surface area (Å²) in [5.74, 6) is 0.868. The molecule has 1 heterocycles. The highest BCUT2D eigenvalue weighted by Gasteiger charge is 2.33. The number of likely N-dealkylation sites (N-methyl/N-ethyl adjacent to an activating group) is 1. The summed E-state index contributed by atoms with van der Waals surface area (Å²) in [7, 11) is 2.21. The lowest BCUT2D eigenvalue weighted by molar-refractivity contribution is -0.0257. The van der Waals surface area contributed by atoms with Gasteiger partial charge < -0.3 is 19.7 Å². The number of rotatable bonds is 10. The van der Waals surface area contributed by atoms with E-state index >= 15 is 0 Å². The van der Waals surface area contributed by atoms with Gasteiger partial charge in [0.15, 0.2) is 0 Å². The van der Waals surface area contributed by atoms with E-state index in [-0.39, 0.29) is 0 Å². The minimum Gasteiger partial charge on any atom is -0.381 e. The first-order valence-electron chi connectivity index (χ1n) is 8.29. The average Bonchev–Trinajstić information content (AvgIpc) is 3.27. The Bertz CT molecular complexity index is 263. The lowest BCUT2D eigenvalue weighted by Crippen LogP contribution is -2.48. The highest BCUT2D eigenvalue weighted by molar-refractivity contribution is 4.86. The van der Waals surface area contributed by atoms with Gasteiger partial charge in [-0.2, -0.15) is 0 Å². The van der Waals surface area contributed by atoms with E-state index in [1.165, 1.54) is 25.7 Å². The number of ether oxygens (including phenoxy) is 2. The number of hydrogen-bond donors (Lipinski definition) is 1. The molecule has 4 nitrogen and oxygen atoms in total. The van der Waals surface area contributed by atoms with Crippen molar-refractivity contribution in [3.8, 4) is 0 Å². The second-order valence-corrected chi connectivity index (χ2v) is 6.69. The van der Waals surface area contributed by atoms with Crippen LogP contribution in [0.25, 0.3) is 0 Å². The fraction of sp³-hybridized carbons (Fsp3) is 1.00. The Morgan fingerprint density at radius 2 is 2.25 bits per heavy atom. The van der Waals surface area contributed by atoms with Crippen molar-refractivity contribution >= 4 is 0 Å². The summed E-state index contributed by atoms with van der Waals surface area (Å²) < 4.78 is 11.5. The maximum atomic E-state index is 5.75. The lowest BCUT2D eigenvalue weighted by Gasteiger charge is -2.40. The van der Waals surface area contributed by atoms with Crippen LogP contribution < -0.4 is 5.32 Å². The van der Waals surface area contributed by atoms with Crippen molar-refractivity contribution in [3.05, 3.63) is 0 Å². The minimum absolute atomic E-state index is 0.291. The van der Waals surface area contributed by atoms with Crippen LogP contribution in [0.4, 0.5) is 0 Å². The fourth-order valence-electron chi connectivity index (χ4n) is 3.03. The fourth-order valence-corrected chi connectivity index (χ4v) is 3.03. The van der Waals surface area contributed by atoms with Crippen molar-refractivity contribution in [1.29, 1.82) is 0 Å². The summed E-state index contributed by atoms with van der Waals surface area (Å²) in [4.78, 5) is 2.42. The first-order chi connectivity index (χ1) is 9.74. The molecule has 118 valence electrons. The van der Waals surface area contributed by atoms with E-state index in [9.17, 15) is 0 Å². The van der Waals surface area contributed by atoms with Gasteiger partial charge >= 0.3 is 0 Å². The molecule has 0 spiro atoms. The van der Waals surface area contributed by atoms with Crippen LogP contribution in [-0.4, -0.2) is 64.6 Å². The highest BCUT2D eigenvalue weighted by atomic mass is 16.5. The van der Waals surface area contributed by atoms with Crippen LogP contribution in [0.15, 0.2) is 0 Å². The minimum atomic E-state index is 0.291. The van der Waals surface area contributed by atoms with Crippen LogP contribution in [0.3, 0.4) is 0 Å². The van der Waals surface area contributed by atoms with E-state index < -0.39 is 0 Å². The third-order valence-corrected chi connectivity index (χ3v) is 4.43. The first kappa shape index (κ1) is 16.2. The van der Waals surface area contributed by atoms with Crippen molar-refractivity contribution in [2.45, 2.75) is 32.6 Å². The smallest absolute Gasteiger partial charge is 0.0593 e. The molecule has 4 heteroatoms. The quantitative estimate of drug-likeness (QED) is 0.620. The predicted molar refractivity (Wildman–Crippen MR) is 82.1 cm³/mol. The van der Waals surface area contributed by atoms with Gasteiger partial charge in [-0.1, -0.05) is 6.92 Å². The molecule has 2 aliphatic rings. The molecule has 2 fully saturated rings. The predicted octanol–water partition coefficient (Wildman–Crippen LogP) is 1.75. The normalized spacial score (nSPS) is 27.1. The number of nitrogens with one attached hydrogen (secondary N) is 1. The molecule has 1 N–H and O–H groups in total. The topological polar surface area (TPSA) is 33.7 Å². The van der Waals surface area contributed by atoms with Gasteiger partial charge in [0.1, 0.15) is 0 Å². The van der Waals surface area contributed by atoms with E-state index in [0.29, 0.717) is 5.41 Å². The van der Waals surface area contributed by atoms with Crippen LogP contribution in [0.1, 0.15) is 32.6 Å². The zero-order valence-electron chi connectivity index (χ0n) is 13.3. The van der Waals surface area contributed by atoms with Gasteiger partial charge in [0, 0.05) is 38.3 Å². The second-order valence-electron chi connectivity index (χ2n) is 6.69. The molecular weight excluding hydrogens is 252 g/mol. The third-order valence-electron chi connectivity index (χ3n) is 4.43. The summed E-state index contributed by atoms with van der Waals surface area (Å²) >= 11 is 0. The van der Waals surface area contributed by atoms with E-state index in [1.807, 2.05) is 0 Å². The van der Waals surface area contributed by atoms with Gasteiger partial charge in [0.25, 0.3) is 0 Å². The van der Waals surface area contributed by atoms with Gasteiger partial charge in [-0.05, 0) is 45.2 Å². The molecule has 0 aromatic carbocycles. The van der Waals surface area contributed by atoms with Crippen LogP contribution in [0.5, 0.6) is 0 Å². The Labute approximate surface area is 124 Å². The Kier molecular flexibility index (Phi) is 6.75. The molecule has 1 saturated carbocycles. The van der Waals surface area contributed by atoms with Crippen LogP contribution in [0.2, 0.25) is 0 Å². The zero-order chi connectivity index (χ0) is 14.3. The first-order valence-corrected chi connectivity index (χ1v) is 8.29. The monoisotopic (exact) mass is 284 g/mol. The molecule has 1 atom stereocenters. The highest BCUT2D eigenvalue weighted by Crippen LogP contribution is 2.29. The van der Waals surface area contributed by atoms with Gasteiger partial charge in [0.2, 0.25) is 0 Å². The summed E-state index contributed by atoms with van der Waals surface area (Å²) in [5.41, 5.74) is 0.291. The summed E-state index contributed by atoms with van der Waals surface area (Å²) in [6, 6.07) is 0. The van der Waals surface area contributed by atoms with Crippen LogP contribution in [-0.2, 0) is 9.47 Å². The SMILES string of the molecule is CCNCC1(CN(C)CCOCC2CC2)CCCOC1. The Morgan fingerprint density at radius 3 is 2.90 bits per heavy atom. The molecule has 0 aromatic heterocycles. The van der Waals surface area contributed by atoms with Crippen molar-refractivity contribution in [2.75, 3.05) is 59.7 Å². The molecule has 0 amide bonds. The second kappa shape index (κ2) is 8.32. The number of hydrogen-bond acceptors (Lipinski definition) is 4. The maximum Gasteiger partial charge on any atom is 0.0593 e. The van der Waals surface area contributed by atoms with Crippen molar-refractivity contribution in [2.24, 2.45) is 11.3 Å². The molecular formula is C16H32N2O2. The third kappa shape index (κ3) is 5.68. The summed E-state index contributed by atoms with van der Waals surface area (Å²) in [6.07, 6.45) is 5.21. The Balaban J connectivity index is 1.67. The molecule has 0 radical (unpaired) electrons. The zero-order valence-corrected chi connectivity index (χ0v) is 13.3. The van der Waals surface area contributed by atoms with E-state index in [4.69, 9.17) is 9.47 Å². The maximum absolute atomic E-state index is 5.75. The molecule has 1 unspecified atom stereocenters. The lowest BCUT2D eigenvalue weighted by atomic mass is 9.81. The van der Waals surface area contributed by atoms with Crippen molar-refractivity contribution < 1.29 is 9.47 Å². The molecule has 1 aliphatic carbocycles. The Hall–Kier alpha value is -0.160. The van der Waals surface area contributed by atoms with Gasteiger partial charge in [0.05, 0.1) is 13.2 Å². The molecule has 1 aliphatic heterocycles. The molecule has 0 bridgehead atoms. The summed E-state index contributed by atoms with van der Waals surface area (Å²) in [6.45, 7) is 10.1. The average molecular weight is 284 g/mol. The standard InChI is InChI=1S/C16H32N2O2/c1-3-17-12-16(7-4-9-20-14-16)13-18(2)8-10-19-11-15-5-6-15/h15,17H,3-14H2,1-2H3. The van der Waals surface area contributed by atoms with Crippen molar-refractivity contribution in [3.63, 3.8) is 0 Å². The van der Waals surface area contributed by atoms with E-state index in [0.717, 1.165) is 58.5 Å². The van der Waals surface area contributed by atoms with Gasteiger partial charge in [-0.15, -0.1) is 0 Å². The molecule has 0 aromatic rings. The van der Waals surface area contributed by atoms with E-state index in [2.05, 4.69) is 24.2 Å². The summed E-state index contributed by atoms with van der Waals surface area (Å²) in [5, 5.41) is 3.52. The largest absolute Gasteiger partial charge is 0.381 e. The molecule has 2 rings (SSSR count). The van der Waals surface area contributed by atoms with Crippen molar-refractivity contribution in [1.82, 2.24) is 10.2 Å². The molecule has 20 heavy (non-hydrogen) atoms. The van der Waals surface area contributed by atoms with E-state index in [1.54, 1.807) is 0 Å².